The summed E-state index contributed by atoms with van der Waals surface area (Å²) in [6, 6.07) is 0. The van der Waals surface area contributed by atoms with Crippen LogP contribution >= 0.6 is 15.6 Å². The summed E-state index contributed by atoms with van der Waals surface area (Å²) in [7, 11) is -9.93. The largest absolute Gasteiger partial charge is 0.472 e. The van der Waals surface area contributed by atoms with E-state index in [2.05, 4.69) is 34.6 Å². The highest BCUT2D eigenvalue weighted by molar-refractivity contribution is 7.47. The molecular weight excluding hydrogens is 1440 g/mol. The summed E-state index contributed by atoms with van der Waals surface area (Å²) in [5, 5.41) is 10.7. The van der Waals surface area contributed by atoms with Gasteiger partial charge in [-0.25, -0.2) is 9.13 Å². The van der Waals surface area contributed by atoms with Crippen molar-refractivity contribution >= 4 is 39.5 Å². The minimum Gasteiger partial charge on any atom is -0.462 e. The molecule has 0 aromatic rings. The van der Waals surface area contributed by atoms with Crippen molar-refractivity contribution in [2.45, 2.75) is 522 Å². The van der Waals surface area contributed by atoms with Gasteiger partial charge >= 0.3 is 39.5 Å². The van der Waals surface area contributed by atoms with Crippen LogP contribution in [-0.2, 0) is 65.4 Å². The van der Waals surface area contributed by atoms with E-state index in [1.807, 2.05) is 0 Å². The lowest BCUT2D eigenvalue weighted by Crippen LogP contribution is -2.30. The molecule has 0 amide bonds. The van der Waals surface area contributed by atoms with Gasteiger partial charge in [0, 0.05) is 25.7 Å². The molecule has 0 rings (SSSR count). The first-order chi connectivity index (χ1) is 54.1. The monoisotopic (exact) mass is 1620 g/mol. The highest BCUT2D eigenvalue weighted by Crippen LogP contribution is 2.45. The van der Waals surface area contributed by atoms with E-state index in [0.29, 0.717) is 25.7 Å². The van der Waals surface area contributed by atoms with E-state index in [1.54, 1.807) is 0 Å². The van der Waals surface area contributed by atoms with Crippen LogP contribution in [0.2, 0.25) is 0 Å². The van der Waals surface area contributed by atoms with Gasteiger partial charge in [0.15, 0.2) is 12.2 Å². The SMILES string of the molecule is CCCCCCCCCCCCCCCCCCCCCCCCC(=O)OC[C@H](COP(=O)(O)OC[C@@H](O)COP(=O)(O)OC[C@@H](COC(=O)CCCCCCCCCCCCCC)OC(=O)CCCCCCCCCCCCCCCCC)OC(=O)CCCCCCCCCCCCCCCCCCCCC(C)CC. The molecule has 0 saturated carbocycles. The third-order valence-electron chi connectivity index (χ3n) is 22.1. The second kappa shape index (κ2) is 84.5. The van der Waals surface area contributed by atoms with Crippen molar-refractivity contribution in [3.05, 3.63) is 0 Å². The topological polar surface area (TPSA) is 237 Å². The summed E-state index contributed by atoms with van der Waals surface area (Å²) in [6.45, 7) is 7.47. The molecule has 6 atom stereocenters. The van der Waals surface area contributed by atoms with Crippen LogP contribution in [0.1, 0.15) is 503 Å². The Morgan fingerprint density at radius 3 is 0.640 bits per heavy atom. The van der Waals surface area contributed by atoms with Gasteiger partial charge in [0.25, 0.3) is 0 Å². The van der Waals surface area contributed by atoms with Crippen molar-refractivity contribution in [1.82, 2.24) is 0 Å². The number of aliphatic hydroxyl groups is 1. The zero-order valence-electron chi connectivity index (χ0n) is 73.1. The van der Waals surface area contributed by atoms with E-state index < -0.39 is 97.5 Å². The standard InChI is InChI=1S/C92H180O17P2/c1-6-10-13-16-19-22-25-28-30-31-32-33-34-35-39-43-46-51-56-61-66-71-76-90(95)103-82-88(109-92(97)78-73-68-63-58-53-48-44-40-37-36-38-42-45-49-54-59-64-69-74-85(5)9-4)84-107-111(100,101)105-80-86(93)79-104-110(98,99)106-83-87(81-102-89(94)75-70-65-60-55-50-27-24-21-18-15-12-8-3)108-91(96)77-72-67-62-57-52-47-41-29-26-23-20-17-14-11-7-2/h85-88,93H,6-84H2,1-5H3,(H,98,99)(H,100,101)/t85?,86-,87+,88+/m0/s1. The number of unbranched alkanes of at least 4 members (excludes halogenated alkanes) is 63. The fourth-order valence-corrected chi connectivity index (χ4v) is 16.1. The van der Waals surface area contributed by atoms with Gasteiger partial charge in [0.2, 0.25) is 0 Å². The zero-order chi connectivity index (χ0) is 81.1. The maximum atomic E-state index is 13.2. The molecule has 0 aromatic heterocycles. The van der Waals surface area contributed by atoms with Crippen LogP contribution in [0.4, 0.5) is 0 Å². The van der Waals surface area contributed by atoms with E-state index in [1.165, 1.54) is 327 Å². The molecule has 0 spiro atoms. The number of phosphoric acid groups is 2. The van der Waals surface area contributed by atoms with Crippen LogP contribution in [0.3, 0.4) is 0 Å². The van der Waals surface area contributed by atoms with Crippen LogP contribution in [0.25, 0.3) is 0 Å². The fraction of sp³-hybridized carbons (Fsp3) is 0.957. The third-order valence-corrected chi connectivity index (χ3v) is 24.0. The number of hydrogen-bond donors (Lipinski definition) is 3. The van der Waals surface area contributed by atoms with Gasteiger partial charge < -0.3 is 33.8 Å². The Morgan fingerprint density at radius 1 is 0.252 bits per heavy atom. The molecule has 0 heterocycles. The summed E-state index contributed by atoms with van der Waals surface area (Å²) in [6.07, 6.45) is 80.6. The normalized spacial score (nSPS) is 13.9. The van der Waals surface area contributed by atoms with E-state index >= 15 is 0 Å². The lowest BCUT2D eigenvalue weighted by molar-refractivity contribution is -0.161. The number of phosphoric ester groups is 2. The minimum atomic E-state index is -4.97. The quantitative estimate of drug-likeness (QED) is 0.0222. The first kappa shape index (κ1) is 109. The van der Waals surface area contributed by atoms with E-state index in [0.717, 1.165) is 95.8 Å². The Labute approximate surface area is 683 Å². The van der Waals surface area contributed by atoms with E-state index in [4.69, 9.17) is 37.0 Å². The molecule has 0 aliphatic heterocycles. The van der Waals surface area contributed by atoms with Crippen molar-refractivity contribution in [1.29, 1.82) is 0 Å². The number of carbonyl (C=O) groups excluding carboxylic acids is 4. The smallest absolute Gasteiger partial charge is 0.462 e. The third kappa shape index (κ3) is 84.3. The molecule has 0 fully saturated rings. The summed E-state index contributed by atoms with van der Waals surface area (Å²) in [5.74, 6) is -1.22. The van der Waals surface area contributed by atoms with Crippen LogP contribution < -0.4 is 0 Å². The molecule has 660 valence electrons. The minimum absolute atomic E-state index is 0.109. The van der Waals surface area contributed by atoms with Gasteiger partial charge in [-0.15, -0.1) is 0 Å². The lowest BCUT2D eigenvalue weighted by Gasteiger charge is -2.21. The Balaban J connectivity index is 5.23. The average Bonchev–Trinajstić information content (AvgIpc) is 0.898. The Morgan fingerprint density at radius 2 is 0.432 bits per heavy atom. The van der Waals surface area contributed by atoms with Gasteiger partial charge in [-0.1, -0.05) is 452 Å². The zero-order valence-corrected chi connectivity index (χ0v) is 74.9. The number of aliphatic hydroxyl groups excluding tert-OH is 1. The molecule has 0 aromatic carbocycles. The first-order valence-corrected chi connectivity index (χ1v) is 50.7. The number of carbonyl (C=O) groups is 4. The summed E-state index contributed by atoms with van der Waals surface area (Å²) in [5.41, 5.74) is 0. The van der Waals surface area contributed by atoms with Crippen LogP contribution in [0, 0.1) is 5.92 Å². The highest BCUT2D eigenvalue weighted by Gasteiger charge is 2.31. The molecule has 0 radical (unpaired) electrons. The molecule has 0 aliphatic carbocycles. The maximum absolute atomic E-state index is 13.2. The second-order valence-corrected chi connectivity index (χ2v) is 36.2. The van der Waals surface area contributed by atoms with Gasteiger partial charge in [0.05, 0.1) is 26.4 Å². The van der Waals surface area contributed by atoms with Crippen LogP contribution in [0.5, 0.6) is 0 Å². The Hall–Kier alpha value is -1.94. The predicted molar refractivity (Wildman–Crippen MR) is 460 cm³/mol. The first-order valence-electron chi connectivity index (χ1n) is 47.7. The van der Waals surface area contributed by atoms with Crippen molar-refractivity contribution < 1.29 is 80.2 Å². The van der Waals surface area contributed by atoms with Crippen molar-refractivity contribution in [3.8, 4) is 0 Å². The molecule has 0 saturated heterocycles. The molecule has 19 heteroatoms. The molecule has 3 unspecified atom stereocenters. The van der Waals surface area contributed by atoms with Gasteiger partial charge in [-0.05, 0) is 31.6 Å². The van der Waals surface area contributed by atoms with Crippen LogP contribution in [-0.4, -0.2) is 96.7 Å². The van der Waals surface area contributed by atoms with E-state index in [-0.39, 0.29) is 25.7 Å². The average molecular weight is 1620 g/mol. The van der Waals surface area contributed by atoms with Gasteiger partial charge in [-0.3, -0.25) is 37.3 Å². The summed E-state index contributed by atoms with van der Waals surface area (Å²) in [4.78, 5) is 73.4. The van der Waals surface area contributed by atoms with E-state index in [9.17, 15) is 43.2 Å². The molecule has 0 bridgehead atoms. The molecule has 3 N–H and O–H groups in total. The van der Waals surface area contributed by atoms with Crippen molar-refractivity contribution in [2.75, 3.05) is 39.6 Å². The second-order valence-electron chi connectivity index (χ2n) is 33.3. The number of hydrogen-bond acceptors (Lipinski definition) is 15. The summed E-state index contributed by atoms with van der Waals surface area (Å²) >= 11 is 0. The van der Waals surface area contributed by atoms with Gasteiger partial charge in [0.1, 0.15) is 19.3 Å². The maximum Gasteiger partial charge on any atom is 0.472 e. The molecular formula is C92H180O17P2. The lowest BCUT2D eigenvalue weighted by atomic mass is 9.99. The van der Waals surface area contributed by atoms with Gasteiger partial charge in [-0.2, -0.15) is 0 Å². The molecule has 0 aliphatic rings. The number of ether oxygens (including phenoxy) is 4. The van der Waals surface area contributed by atoms with Crippen LogP contribution in [0.15, 0.2) is 0 Å². The summed E-state index contributed by atoms with van der Waals surface area (Å²) < 4.78 is 69.1. The van der Waals surface area contributed by atoms with Crippen molar-refractivity contribution in [2.24, 2.45) is 5.92 Å². The highest BCUT2D eigenvalue weighted by atomic mass is 31.2. The molecule has 111 heavy (non-hydrogen) atoms. The number of esters is 4. The Bertz CT molecular complexity index is 2100. The Kier molecular flexibility index (Phi) is 83.0. The number of rotatable bonds is 92. The fourth-order valence-electron chi connectivity index (χ4n) is 14.5. The predicted octanol–water partition coefficient (Wildman–Crippen LogP) is 28.7. The van der Waals surface area contributed by atoms with Crippen molar-refractivity contribution in [3.63, 3.8) is 0 Å². The molecule has 17 nitrogen and oxygen atoms in total.